The van der Waals surface area contributed by atoms with Crippen molar-refractivity contribution < 1.29 is 18.7 Å². The van der Waals surface area contributed by atoms with Crippen molar-refractivity contribution >= 4 is 35.0 Å². The topological polar surface area (TPSA) is 63.3 Å². The third-order valence-electron chi connectivity index (χ3n) is 2.93. The highest BCUT2D eigenvalue weighted by molar-refractivity contribution is 7.19. The van der Waals surface area contributed by atoms with E-state index in [4.69, 9.17) is 21.1 Å². The number of nitrogens with zero attached hydrogens (tertiary/aromatic N) is 1. The minimum Gasteiger partial charge on any atom is -0.478 e. The summed E-state index contributed by atoms with van der Waals surface area (Å²) in [5.41, 5.74) is 0.954. The van der Waals surface area contributed by atoms with E-state index in [2.05, 4.69) is 4.98 Å². The van der Waals surface area contributed by atoms with E-state index in [-0.39, 0.29) is 11.7 Å². The number of aliphatic carboxylic acids is 1. The summed E-state index contributed by atoms with van der Waals surface area (Å²) in [5, 5.41) is 8.79. The van der Waals surface area contributed by atoms with E-state index in [0.717, 1.165) is 11.0 Å². The van der Waals surface area contributed by atoms with Crippen LogP contribution < -0.4 is 0 Å². The first-order chi connectivity index (χ1) is 11.0. The van der Waals surface area contributed by atoms with Crippen LogP contribution in [0.3, 0.4) is 0 Å². The first kappa shape index (κ1) is 15.5. The summed E-state index contributed by atoms with van der Waals surface area (Å²) in [6.07, 6.45) is 2.33. The lowest BCUT2D eigenvalue weighted by Gasteiger charge is -1.94. The molecule has 0 atom stereocenters. The van der Waals surface area contributed by atoms with Gasteiger partial charge in [0.25, 0.3) is 0 Å². The van der Waals surface area contributed by atoms with Gasteiger partial charge in [0.05, 0.1) is 9.21 Å². The van der Waals surface area contributed by atoms with Gasteiger partial charge in [0, 0.05) is 11.6 Å². The van der Waals surface area contributed by atoms with Gasteiger partial charge in [0.1, 0.15) is 11.5 Å². The monoisotopic (exact) mass is 349 g/mol. The van der Waals surface area contributed by atoms with Crippen LogP contribution in [0, 0.1) is 5.82 Å². The van der Waals surface area contributed by atoms with Crippen molar-refractivity contribution in [2.45, 2.75) is 0 Å². The van der Waals surface area contributed by atoms with Crippen LogP contribution in [0.1, 0.15) is 5.69 Å². The second kappa shape index (κ2) is 6.36. The zero-order valence-corrected chi connectivity index (χ0v) is 13.1. The number of thiophene rings is 1. The molecule has 1 N–H and O–H groups in total. The minimum absolute atomic E-state index is 0.273. The number of aromatic nitrogens is 1. The smallest absolute Gasteiger partial charge is 0.328 e. The van der Waals surface area contributed by atoms with E-state index in [9.17, 15) is 9.18 Å². The molecule has 2 heterocycles. The second-order valence-electron chi connectivity index (χ2n) is 4.52. The van der Waals surface area contributed by atoms with Crippen LogP contribution in [-0.2, 0) is 4.79 Å². The third kappa shape index (κ3) is 3.49. The average Bonchev–Trinajstić information content (AvgIpc) is 3.12. The maximum Gasteiger partial charge on any atom is 0.328 e. The van der Waals surface area contributed by atoms with E-state index in [0.29, 0.717) is 21.4 Å². The Morgan fingerprint density at radius 3 is 2.61 bits per heavy atom. The van der Waals surface area contributed by atoms with Crippen molar-refractivity contribution in [2.24, 2.45) is 0 Å². The van der Waals surface area contributed by atoms with E-state index < -0.39 is 5.97 Å². The molecule has 116 valence electrons. The molecule has 0 unspecified atom stereocenters. The Morgan fingerprint density at radius 1 is 1.26 bits per heavy atom. The summed E-state index contributed by atoms with van der Waals surface area (Å²) in [6.45, 7) is 0. The first-order valence-electron chi connectivity index (χ1n) is 6.46. The molecule has 0 aliphatic carbocycles. The van der Waals surface area contributed by atoms with Crippen molar-refractivity contribution in [2.75, 3.05) is 0 Å². The number of benzene rings is 1. The van der Waals surface area contributed by atoms with Crippen LogP contribution in [0.5, 0.6) is 0 Å². The molecular weight excluding hydrogens is 341 g/mol. The standard InChI is InChI=1S/C16H9ClFNO3S/c17-13-7-6-12(23-13)15-11(5-8-14(20)21)19-16(22-15)9-1-3-10(18)4-2-9/h1-8H,(H,20,21)/b8-5+. The molecule has 2 aromatic heterocycles. The lowest BCUT2D eigenvalue weighted by molar-refractivity contribution is -0.131. The van der Waals surface area contributed by atoms with Gasteiger partial charge in [-0.05, 0) is 42.5 Å². The van der Waals surface area contributed by atoms with Gasteiger partial charge in [-0.15, -0.1) is 11.3 Å². The number of hydrogen-bond acceptors (Lipinski definition) is 4. The molecule has 7 heteroatoms. The molecule has 0 aliphatic heterocycles. The number of carbonyl (C=O) groups is 1. The summed E-state index contributed by atoms with van der Waals surface area (Å²) in [5.74, 6) is -0.767. The van der Waals surface area contributed by atoms with Crippen LogP contribution in [0.4, 0.5) is 4.39 Å². The molecule has 0 spiro atoms. The number of carboxylic acid groups (broad SMARTS) is 1. The highest BCUT2D eigenvalue weighted by atomic mass is 35.5. The van der Waals surface area contributed by atoms with Gasteiger partial charge >= 0.3 is 5.97 Å². The normalized spacial score (nSPS) is 11.2. The van der Waals surface area contributed by atoms with Gasteiger partial charge in [-0.2, -0.15) is 0 Å². The van der Waals surface area contributed by atoms with Gasteiger partial charge in [-0.1, -0.05) is 11.6 Å². The van der Waals surface area contributed by atoms with Crippen LogP contribution in [0.15, 0.2) is 46.9 Å². The molecule has 0 amide bonds. The number of hydrogen-bond donors (Lipinski definition) is 1. The fourth-order valence-electron chi connectivity index (χ4n) is 1.92. The molecule has 4 nitrogen and oxygen atoms in total. The van der Waals surface area contributed by atoms with E-state index in [1.807, 2.05) is 0 Å². The Labute approximate surface area is 139 Å². The molecule has 3 rings (SSSR count). The number of halogens is 2. The minimum atomic E-state index is -1.09. The summed E-state index contributed by atoms with van der Waals surface area (Å²) >= 11 is 7.22. The molecule has 3 aromatic rings. The Balaban J connectivity index is 2.09. The largest absolute Gasteiger partial charge is 0.478 e. The number of carboxylic acids is 1. The van der Waals surface area contributed by atoms with Crippen LogP contribution in [0.25, 0.3) is 28.2 Å². The van der Waals surface area contributed by atoms with Crippen LogP contribution in [0.2, 0.25) is 4.34 Å². The van der Waals surface area contributed by atoms with Crippen LogP contribution >= 0.6 is 22.9 Å². The molecule has 0 radical (unpaired) electrons. The number of rotatable bonds is 4. The van der Waals surface area contributed by atoms with Gasteiger partial charge in [-0.25, -0.2) is 14.2 Å². The van der Waals surface area contributed by atoms with Crippen molar-refractivity contribution in [1.82, 2.24) is 4.98 Å². The number of oxazole rings is 1. The second-order valence-corrected chi connectivity index (χ2v) is 6.23. The molecule has 0 fully saturated rings. The Kier molecular flexibility index (Phi) is 4.27. The summed E-state index contributed by atoms with van der Waals surface area (Å²) in [4.78, 5) is 15.7. The van der Waals surface area contributed by atoms with Crippen molar-refractivity contribution in [3.8, 4) is 22.1 Å². The van der Waals surface area contributed by atoms with Gasteiger partial charge < -0.3 is 9.52 Å². The predicted molar refractivity (Wildman–Crippen MR) is 86.9 cm³/mol. The predicted octanol–water partition coefficient (Wildman–Crippen LogP) is 4.96. The highest BCUT2D eigenvalue weighted by Gasteiger charge is 2.16. The van der Waals surface area contributed by atoms with E-state index >= 15 is 0 Å². The SMILES string of the molecule is O=C(O)/C=C/c1nc(-c2ccc(F)cc2)oc1-c1ccc(Cl)s1. The van der Waals surface area contributed by atoms with Crippen LogP contribution in [-0.4, -0.2) is 16.1 Å². The van der Waals surface area contributed by atoms with Gasteiger partial charge in [0.2, 0.25) is 5.89 Å². The lowest BCUT2D eigenvalue weighted by atomic mass is 10.2. The molecule has 0 saturated carbocycles. The third-order valence-corrected chi connectivity index (χ3v) is 4.16. The average molecular weight is 350 g/mol. The summed E-state index contributed by atoms with van der Waals surface area (Å²) in [6, 6.07) is 9.16. The lowest BCUT2D eigenvalue weighted by Crippen LogP contribution is -1.86. The summed E-state index contributed by atoms with van der Waals surface area (Å²) in [7, 11) is 0. The summed E-state index contributed by atoms with van der Waals surface area (Å²) < 4.78 is 19.3. The fourth-order valence-corrected chi connectivity index (χ4v) is 2.96. The molecule has 23 heavy (non-hydrogen) atoms. The molecule has 1 aromatic carbocycles. The molecule has 0 bridgehead atoms. The van der Waals surface area contributed by atoms with Gasteiger partial charge in [0.15, 0.2) is 5.76 Å². The molecule has 0 aliphatic rings. The maximum absolute atomic E-state index is 13.0. The van der Waals surface area contributed by atoms with E-state index in [1.54, 1.807) is 12.1 Å². The van der Waals surface area contributed by atoms with E-state index in [1.165, 1.54) is 41.7 Å². The van der Waals surface area contributed by atoms with Gasteiger partial charge in [-0.3, -0.25) is 0 Å². The molecular formula is C16H9ClFNO3S. The fraction of sp³-hybridized carbons (Fsp3) is 0. The Bertz CT molecular complexity index is 883. The van der Waals surface area contributed by atoms with Crippen molar-refractivity contribution in [1.29, 1.82) is 0 Å². The maximum atomic E-state index is 13.0. The molecule has 0 saturated heterocycles. The quantitative estimate of drug-likeness (QED) is 0.676. The van der Waals surface area contributed by atoms with Crippen molar-refractivity contribution in [3.63, 3.8) is 0 Å². The highest BCUT2D eigenvalue weighted by Crippen LogP contribution is 2.36. The zero-order valence-electron chi connectivity index (χ0n) is 11.5. The van der Waals surface area contributed by atoms with Crippen molar-refractivity contribution in [3.05, 3.63) is 58.3 Å². The first-order valence-corrected chi connectivity index (χ1v) is 7.66. The Hall–Kier alpha value is -2.44. The Morgan fingerprint density at radius 2 is 2.00 bits per heavy atom. The zero-order chi connectivity index (χ0) is 16.4.